The maximum absolute atomic E-state index is 11.6. The van der Waals surface area contributed by atoms with Crippen LogP contribution in [0.5, 0.6) is 0 Å². The summed E-state index contributed by atoms with van der Waals surface area (Å²) in [4.78, 5) is 20.0. The molecular weight excluding hydrogens is 294 g/mol. The van der Waals surface area contributed by atoms with Crippen LogP contribution >= 0.6 is 0 Å². The molecule has 1 amide bonds. The van der Waals surface area contributed by atoms with Crippen LogP contribution in [-0.4, -0.2) is 58.6 Å². The standard InChI is InChI=1S/C16H21N5O2/c1-12-2-4-13(5-3-12)16-18-14(23-19-16)11-20-6-8-21(9-7-20)15(22)10-17/h2-5H,6-11,17H2,1H3. The number of carbonyl (C=O) groups is 1. The van der Waals surface area contributed by atoms with Gasteiger partial charge < -0.3 is 15.2 Å². The Balaban J connectivity index is 1.58. The third-order valence-corrected chi connectivity index (χ3v) is 4.04. The zero-order valence-electron chi connectivity index (χ0n) is 13.2. The molecule has 0 bridgehead atoms. The summed E-state index contributed by atoms with van der Waals surface area (Å²) in [5.74, 6) is 1.21. The Morgan fingerprint density at radius 1 is 1.22 bits per heavy atom. The van der Waals surface area contributed by atoms with Crippen molar-refractivity contribution in [2.45, 2.75) is 13.5 Å². The van der Waals surface area contributed by atoms with E-state index in [2.05, 4.69) is 15.0 Å². The lowest BCUT2D eigenvalue weighted by Gasteiger charge is -2.33. The van der Waals surface area contributed by atoms with Gasteiger partial charge in [0.1, 0.15) is 0 Å². The number of carbonyl (C=O) groups excluding carboxylic acids is 1. The summed E-state index contributed by atoms with van der Waals surface area (Å²) in [6.07, 6.45) is 0. The van der Waals surface area contributed by atoms with Crippen LogP contribution in [0.1, 0.15) is 11.5 Å². The summed E-state index contributed by atoms with van der Waals surface area (Å²) in [6.45, 7) is 5.67. The summed E-state index contributed by atoms with van der Waals surface area (Å²) >= 11 is 0. The van der Waals surface area contributed by atoms with Crippen LogP contribution in [0.2, 0.25) is 0 Å². The minimum atomic E-state index is 0.00379. The van der Waals surface area contributed by atoms with E-state index in [1.807, 2.05) is 31.2 Å². The second-order valence-electron chi connectivity index (χ2n) is 5.74. The lowest BCUT2D eigenvalue weighted by Crippen LogP contribution is -2.49. The molecule has 2 N–H and O–H groups in total. The Bertz CT molecular complexity index is 659. The smallest absolute Gasteiger partial charge is 0.241 e. The average Bonchev–Trinajstić information content (AvgIpc) is 3.04. The summed E-state index contributed by atoms with van der Waals surface area (Å²) in [7, 11) is 0. The highest BCUT2D eigenvalue weighted by Crippen LogP contribution is 2.17. The Kier molecular flexibility index (Phi) is 4.68. The first-order chi connectivity index (χ1) is 11.2. The third kappa shape index (κ3) is 3.75. The SMILES string of the molecule is Cc1ccc(-c2noc(CN3CCN(C(=O)CN)CC3)n2)cc1. The molecule has 3 rings (SSSR count). The van der Waals surface area contributed by atoms with Crippen molar-refractivity contribution in [1.82, 2.24) is 19.9 Å². The molecule has 0 saturated carbocycles. The minimum Gasteiger partial charge on any atom is -0.339 e. The summed E-state index contributed by atoms with van der Waals surface area (Å²) in [5, 5.41) is 4.04. The number of nitrogens with two attached hydrogens (primary N) is 1. The largest absolute Gasteiger partial charge is 0.339 e. The van der Waals surface area contributed by atoms with E-state index in [-0.39, 0.29) is 12.5 Å². The van der Waals surface area contributed by atoms with Crippen LogP contribution in [0.4, 0.5) is 0 Å². The highest BCUT2D eigenvalue weighted by Gasteiger charge is 2.21. The first-order valence-electron chi connectivity index (χ1n) is 7.75. The van der Waals surface area contributed by atoms with Crippen molar-refractivity contribution in [2.75, 3.05) is 32.7 Å². The van der Waals surface area contributed by atoms with Gasteiger partial charge in [0.05, 0.1) is 13.1 Å². The number of hydrogen-bond acceptors (Lipinski definition) is 6. The Hall–Kier alpha value is -2.25. The fraction of sp³-hybridized carbons (Fsp3) is 0.438. The molecular formula is C16H21N5O2. The van der Waals surface area contributed by atoms with Gasteiger partial charge in [-0.05, 0) is 6.92 Å². The van der Waals surface area contributed by atoms with Crippen LogP contribution in [0.15, 0.2) is 28.8 Å². The fourth-order valence-electron chi connectivity index (χ4n) is 2.61. The lowest BCUT2D eigenvalue weighted by molar-refractivity contribution is -0.131. The number of nitrogens with zero attached hydrogens (tertiary/aromatic N) is 4. The minimum absolute atomic E-state index is 0.00379. The molecule has 1 aromatic carbocycles. The summed E-state index contributed by atoms with van der Waals surface area (Å²) in [6, 6.07) is 8.03. The molecule has 2 aromatic rings. The Morgan fingerprint density at radius 3 is 2.57 bits per heavy atom. The Morgan fingerprint density at radius 2 is 1.91 bits per heavy atom. The molecule has 0 radical (unpaired) electrons. The molecule has 2 heterocycles. The van der Waals surface area contributed by atoms with Gasteiger partial charge in [0.25, 0.3) is 0 Å². The van der Waals surface area contributed by atoms with Gasteiger partial charge in [0, 0.05) is 31.7 Å². The van der Waals surface area contributed by atoms with Gasteiger partial charge >= 0.3 is 0 Å². The zero-order valence-corrected chi connectivity index (χ0v) is 13.2. The molecule has 0 atom stereocenters. The van der Waals surface area contributed by atoms with E-state index >= 15 is 0 Å². The molecule has 23 heavy (non-hydrogen) atoms. The zero-order chi connectivity index (χ0) is 16.2. The van der Waals surface area contributed by atoms with Crippen LogP contribution in [0.3, 0.4) is 0 Å². The summed E-state index contributed by atoms with van der Waals surface area (Å²) in [5.41, 5.74) is 7.54. The van der Waals surface area contributed by atoms with Gasteiger partial charge in [-0.15, -0.1) is 0 Å². The number of aromatic nitrogens is 2. The number of piperazine rings is 1. The number of rotatable bonds is 4. The number of aryl methyl sites for hydroxylation is 1. The van der Waals surface area contributed by atoms with Crippen LogP contribution in [-0.2, 0) is 11.3 Å². The monoisotopic (exact) mass is 315 g/mol. The first kappa shape index (κ1) is 15.6. The van der Waals surface area contributed by atoms with Crippen molar-refractivity contribution < 1.29 is 9.32 Å². The predicted molar refractivity (Wildman–Crippen MR) is 85.4 cm³/mol. The average molecular weight is 315 g/mol. The molecule has 1 fully saturated rings. The van der Waals surface area contributed by atoms with Crippen LogP contribution in [0, 0.1) is 6.92 Å². The number of hydrogen-bond donors (Lipinski definition) is 1. The van der Waals surface area contributed by atoms with Crippen molar-refractivity contribution in [3.8, 4) is 11.4 Å². The van der Waals surface area contributed by atoms with Gasteiger partial charge in [0.15, 0.2) is 0 Å². The molecule has 1 aliphatic heterocycles. The van der Waals surface area contributed by atoms with Crippen LogP contribution in [0.25, 0.3) is 11.4 Å². The third-order valence-electron chi connectivity index (χ3n) is 4.04. The quantitative estimate of drug-likeness (QED) is 0.891. The second kappa shape index (κ2) is 6.89. The van der Waals surface area contributed by atoms with Crippen molar-refractivity contribution >= 4 is 5.91 Å². The number of benzene rings is 1. The normalized spacial score (nSPS) is 15.8. The van der Waals surface area contributed by atoms with E-state index in [1.165, 1.54) is 5.56 Å². The maximum atomic E-state index is 11.6. The van der Waals surface area contributed by atoms with Gasteiger partial charge in [-0.1, -0.05) is 35.0 Å². The molecule has 1 aromatic heterocycles. The molecule has 1 aliphatic rings. The van der Waals surface area contributed by atoms with Gasteiger partial charge in [0.2, 0.25) is 17.6 Å². The fourth-order valence-corrected chi connectivity index (χ4v) is 2.61. The van der Waals surface area contributed by atoms with Crippen molar-refractivity contribution in [3.63, 3.8) is 0 Å². The van der Waals surface area contributed by atoms with Gasteiger partial charge in [-0.25, -0.2) is 0 Å². The first-order valence-corrected chi connectivity index (χ1v) is 7.75. The highest BCUT2D eigenvalue weighted by atomic mass is 16.5. The van der Waals surface area contributed by atoms with Crippen molar-refractivity contribution in [1.29, 1.82) is 0 Å². The Labute approximate surface area is 135 Å². The van der Waals surface area contributed by atoms with Crippen LogP contribution < -0.4 is 5.73 Å². The van der Waals surface area contributed by atoms with E-state index in [0.717, 1.165) is 18.7 Å². The predicted octanol–water partition coefficient (Wildman–Crippen LogP) is 0.648. The van der Waals surface area contributed by atoms with Crippen molar-refractivity contribution in [2.24, 2.45) is 5.73 Å². The molecule has 7 nitrogen and oxygen atoms in total. The maximum Gasteiger partial charge on any atom is 0.241 e. The highest BCUT2D eigenvalue weighted by molar-refractivity contribution is 5.78. The molecule has 1 saturated heterocycles. The van der Waals surface area contributed by atoms with Gasteiger partial charge in [-0.3, -0.25) is 9.69 Å². The van der Waals surface area contributed by atoms with E-state index in [0.29, 0.717) is 31.3 Å². The number of amides is 1. The van der Waals surface area contributed by atoms with E-state index < -0.39 is 0 Å². The summed E-state index contributed by atoms with van der Waals surface area (Å²) < 4.78 is 5.34. The topological polar surface area (TPSA) is 88.5 Å². The van der Waals surface area contributed by atoms with E-state index in [9.17, 15) is 4.79 Å². The van der Waals surface area contributed by atoms with E-state index in [4.69, 9.17) is 10.3 Å². The van der Waals surface area contributed by atoms with E-state index in [1.54, 1.807) is 4.90 Å². The van der Waals surface area contributed by atoms with Crippen molar-refractivity contribution in [3.05, 3.63) is 35.7 Å². The molecule has 0 spiro atoms. The lowest BCUT2D eigenvalue weighted by atomic mass is 10.1. The molecule has 0 unspecified atom stereocenters. The molecule has 7 heteroatoms. The second-order valence-corrected chi connectivity index (χ2v) is 5.74. The van der Waals surface area contributed by atoms with Gasteiger partial charge in [-0.2, -0.15) is 4.98 Å². The molecule has 122 valence electrons. The molecule has 0 aliphatic carbocycles.